The van der Waals surface area contributed by atoms with E-state index in [0.29, 0.717) is 66.1 Å². The first-order valence-electron chi connectivity index (χ1n) is 13.9. The largest absolute Gasteiger partial charge is 0.377 e. The molecule has 1 saturated carbocycles. The Morgan fingerprint density at radius 3 is 2.54 bits per heavy atom. The molecule has 1 aliphatic carbocycles. The van der Waals surface area contributed by atoms with Crippen LogP contribution in [0.5, 0.6) is 0 Å². The lowest BCUT2D eigenvalue weighted by atomic mass is 10.0. The number of morpholine rings is 1. The SMILES string of the molecule is C[C@H]1COCCN1c1cc(C2(S(=O)(=O)c3ccccc3)CCCC2)nc(-c2ccc(NC(=O)NCCC#N)cc2)n1. The van der Waals surface area contributed by atoms with Gasteiger partial charge in [0.05, 0.1) is 42.3 Å². The summed E-state index contributed by atoms with van der Waals surface area (Å²) in [5.74, 6) is 1.10. The summed E-state index contributed by atoms with van der Waals surface area (Å²) in [6.45, 7) is 4.08. The Labute approximate surface area is 240 Å². The maximum Gasteiger partial charge on any atom is 0.319 e. The van der Waals surface area contributed by atoms with E-state index in [1.807, 2.05) is 30.3 Å². The van der Waals surface area contributed by atoms with Gasteiger partial charge in [0.1, 0.15) is 10.6 Å². The number of urea groups is 1. The van der Waals surface area contributed by atoms with Crippen molar-refractivity contribution in [2.45, 2.75) is 54.7 Å². The molecule has 3 aromatic rings. The van der Waals surface area contributed by atoms with Crippen LogP contribution in [0.2, 0.25) is 0 Å². The molecule has 214 valence electrons. The zero-order valence-electron chi connectivity index (χ0n) is 23.0. The molecule has 10 nitrogen and oxygen atoms in total. The maximum absolute atomic E-state index is 14.2. The van der Waals surface area contributed by atoms with Crippen molar-refractivity contribution >= 4 is 27.4 Å². The summed E-state index contributed by atoms with van der Waals surface area (Å²) < 4.78 is 33.0. The fourth-order valence-corrected chi connectivity index (χ4v) is 7.73. The van der Waals surface area contributed by atoms with Crippen molar-refractivity contribution in [3.63, 3.8) is 0 Å². The second-order valence-corrected chi connectivity index (χ2v) is 12.7. The van der Waals surface area contributed by atoms with Gasteiger partial charge in [0, 0.05) is 30.4 Å². The van der Waals surface area contributed by atoms with E-state index in [1.54, 1.807) is 36.4 Å². The van der Waals surface area contributed by atoms with Crippen LogP contribution in [0.15, 0.2) is 65.6 Å². The molecule has 0 spiro atoms. The number of ether oxygens (including phenoxy) is 1. The van der Waals surface area contributed by atoms with Gasteiger partial charge in [-0.25, -0.2) is 23.2 Å². The molecule has 41 heavy (non-hydrogen) atoms. The number of hydrogen-bond donors (Lipinski definition) is 2. The molecule has 2 aliphatic rings. The van der Waals surface area contributed by atoms with Gasteiger partial charge in [-0.1, -0.05) is 31.0 Å². The van der Waals surface area contributed by atoms with Crippen LogP contribution in [0.25, 0.3) is 11.4 Å². The number of nitrogens with one attached hydrogen (secondary N) is 2. The van der Waals surface area contributed by atoms with Crippen molar-refractivity contribution in [3.8, 4) is 17.5 Å². The Morgan fingerprint density at radius 1 is 1.12 bits per heavy atom. The average Bonchev–Trinajstić information content (AvgIpc) is 3.50. The van der Waals surface area contributed by atoms with Crippen LogP contribution in [-0.4, -0.2) is 56.8 Å². The highest BCUT2D eigenvalue weighted by Gasteiger charge is 2.50. The van der Waals surface area contributed by atoms with E-state index in [2.05, 4.69) is 22.5 Å². The van der Waals surface area contributed by atoms with Gasteiger partial charge in [-0.3, -0.25) is 0 Å². The standard InChI is InChI=1S/C30H34N6O4S/c1-22-21-40-19-18-36(22)27-20-26(30(14-5-6-15-30)41(38,39)25-8-3-2-4-9-25)34-28(35-27)23-10-12-24(13-11-23)33-29(37)32-17-7-16-31/h2-4,8-13,20,22H,5-7,14-15,17-19,21H2,1H3,(H2,32,33,37)/t22-/m0/s1. The highest BCUT2D eigenvalue weighted by atomic mass is 32.2. The Morgan fingerprint density at radius 2 is 1.85 bits per heavy atom. The summed E-state index contributed by atoms with van der Waals surface area (Å²) in [5, 5.41) is 14.0. The normalized spacial score (nSPS) is 18.4. The van der Waals surface area contributed by atoms with Crippen molar-refractivity contribution < 1.29 is 17.9 Å². The van der Waals surface area contributed by atoms with E-state index in [0.717, 1.165) is 12.8 Å². The molecule has 2 fully saturated rings. The molecule has 2 amide bonds. The number of carbonyl (C=O) groups is 1. The van der Waals surface area contributed by atoms with E-state index in [1.165, 1.54) is 0 Å². The number of anilines is 2. The minimum absolute atomic E-state index is 0.0655. The van der Waals surface area contributed by atoms with Gasteiger partial charge >= 0.3 is 6.03 Å². The fourth-order valence-electron chi connectivity index (χ4n) is 5.56. The number of nitrogens with zero attached hydrogens (tertiary/aromatic N) is 4. The lowest BCUT2D eigenvalue weighted by molar-refractivity contribution is 0.0985. The van der Waals surface area contributed by atoms with Gasteiger partial charge in [-0.15, -0.1) is 0 Å². The Bertz CT molecular complexity index is 1520. The third-order valence-electron chi connectivity index (χ3n) is 7.74. The number of nitriles is 1. The first-order valence-corrected chi connectivity index (χ1v) is 15.4. The van der Waals surface area contributed by atoms with Crippen LogP contribution in [0.3, 0.4) is 0 Å². The molecule has 0 radical (unpaired) electrons. The molecule has 2 N–H and O–H groups in total. The number of rotatable bonds is 8. The topological polar surface area (TPSA) is 137 Å². The van der Waals surface area contributed by atoms with Crippen LogP contribution in [0.4, 0.5) is 16.3 Å². The lowest BCUT2D eigenvalue weighted by Crippen LogP contribution is -2.44. The Kier molecular flexibility index (Phi) is 8.52. The van der Waals surface area contributed by atoms with Crippen molar-refractivity contribution in [3.05, 3.63) is 66.4 Å². The van der Waals surface area contributed by atoms with Gasteiger partial charge in [0.2, 0.25) is 0 Å². The van der Waals surface area contributed by atoms with Crippen molar-refractivity contribution in [2.75, 3.05) is 36.5 Å². The monoisotopic (exact) mass is 574 g/mol. The number of amides is 2. The summed E-state index contributed by atoms with van der Waals surface area (Å²) in [7, 11) is -3.75. The second kappa shape index (κ2) is 12.2. The van der Waals surface area contributed by atoms with E-state index in [4.69, 9.17) is 20.0 Å². The maximum atomic E-state index is 14.2. The fraction of sp³-hybridized carbons (Fsp3) is 0.400. The number of hydrogen-bond acceptors (Lipinski definition) is 8. The smallest absolute Gasteiger partial charge is 0.319 e. The van der Waals surface area contributed by atoms with E-state index < -0.39 is 20.6 Å². The van der Waals surface area contributed by atoms with Gasteiger partial charge in [-0.05, 0) is 56.2 Å². The molecule has 1 aromatic heterocycles. The van der Waals surface area contributed by atoms with Gasteiger partial charge < -0.3 is 20.3 Å². The zero-order valence-corrected chi connectivity index (χ0v) is 23.9. The number of aromatic nitrogens is 2. The highest BCUT2D eigenvalue weighted by Crippen LogP contribution is 2.48. The second-order valence-electron chi connectivity index (χ2n) is 10.4. The van der Waals surface area contributed by atoms with Crippen molar-refractivity contribution in [2.24, 2.45) is 0 Å². The average molecular weight is 575 g/mol. The third-order valence-corrected chi connectivity index (χ3v) is 10.3. The van der Waals surface area contributed by atoms with Crippen LogP contribution in [-0.2, 0) is 19.3 Å². The molecule has 1 aliphatic heterocycles. The molecule has 0 bridgehead atoms. The van der Waals surface area contributed by atoms with Gasteiger partial charge in [-0.2, -0.15) is 5.26 Å². The minimum Gasteiger partial charge on any atom is -0.377 e. The Balaban J connectivity index is 1.55. The summed E-state index contributed by atoms with van der Waals surface area (Å²) in [5.41, 5.74) is 1.78. The first kappa shape index (κ1) is 28.5. The number of carbonyl (C=O) groups excluding carboxylic acids is 1. The molecule has 1 saturated heterocycles. The molecule has 5 rings (SSSR count). The first-order chi connectivity index (χ1) is 19.8. The lowest BCUT2D eigenvalue weighted by Gasteiger charge is -2.36. The minimum atomic E-state index is -3.75. The number of sulfone groups is 1. The predicted octanol–water partition coefficient (Wildman–Crippen LogP) is 4.65. The predicted molar refractivity (Wildman–Crippen MR) is 156 cm³/mol. The molecular formula is C30H34N6O4S. The van der Waals surface area contributed by atoms with E-state index in [-0.39, 0.29) is 19.0 Å². The van der Waals surface area contributed by atoms with E-state index >= 15 is 0 Å². The zero-order chi connectivity index (χ0) is 28.9. The summed E-state index contributed by atoms with van der Waals surface area (Å²) in [6, 6.07) is 19.3. The third kappa shape index (κ3) is 5.89. The molecule has 0 unspecified atom stereocenters. The van der Waals surface area contributed by atoms with Crippen LogP contribution >= 0.6 is 0 Å². The molecule has 2 aromatic carbocycles. The van der Waals surface area contributed by atoms with Crippen LogP contribution < -0.4 is 15.5 Å². The van der Waals surface area contributed by atoms with Crippen molar-refractivity contribution in [1.29, 1.82) is 5.26 Å². The quantitative estimate of drug-likeness (QED) is 0.371. The van der Waals surface area contributed by atoms with Crippen LogP contribution in [0.1, 0.15) is 44.7 Å². The molecule has 11 heteroatoms. The molecular weight excluding hydrogens is 540 g/mol. The summed E-state index contributed by atoms with van der Waals surface area (Å²) in [6.07, 6.45) is 2.80. The van der Waals surface area contributed by atoms with Gasteiger partial charge in [0.25, 0.3) is 0 Å². The molecule has 1 atom stereocenters. The number of benzene rings is 2. The van der Waals surface area contributed by atoms with Crippen LogP contribution in [0, 0.1) is 11.3 Å². The molecule has 2 heterocycles. The Hall–Kier alpha value is -4.01. The highest BCUT2D eigenvalue weighted by molar-refractivity contribution is 7.92. The summed E-state index contributed by atoms with van der Waals surface area (Å²) in [4.78, 5) is 24.4. The summed E-state index contributed by atoms with van der Waals surface area (Å²) >= 11 is 0. The van der Waals surface area contributed by atoms with Gasteiger partial charge in [0.15, 0.2) is 15.7 Å². The van der Waals surface area contributed by atoms with Crippen molar-refractivity contribution in [1.82, 2.24) is 15.3 Å². The van der Waals surface area contributed by atoms with E-state index in [9.17, 15) is 13.2 Å².